The molecule has 194 valence electrons. The molecule has 0 saturated carbocycles. The minimum absolute atomic E-state index is 0.00400. The van der Waals surface area contributed by atoms with E-state index in [4.69, 9.17) is 21.7 Å². The van der Waals surface area contributed by atoms with E-state index in [-0.39, 0.29) is 17.9 Å². The molecule has 1 aromatic carbocycles. The first-order valence-electron chi connectivity index (χ1n) is 12.0. The summed E-state index contributed by atoms with van der Waals surface area (Å²) in [7, 11) is 1.57. The first kappa shape index (κ1) is 26.3. The summed E-state index contributed by atoms with van der Waals surface area (Å²) in [6, 6.07) is 9.27. The lowest BCUT2D eigenvalue weighted by molar-refractivity contribution is -0.134. The van der Waals surface area contributed by atoms with Crippen LogP contribution in [0.2, 0.25) is 5.02 Å². The summed E-state index contributed by atoms with van der Waals surface area (Å²) >= 11 is 6.35. The van der Waals surface area contributed by atoms with Crippen LogP contribution in [-0.4, -0.2) is 76.1 Å². The van der Waals surface area contributed by atoms with Gasteiger partial charge in [0.2, 0.25) is 11.9 Å². The van der Waals surface area contributed by atoms with E-state index in [1.165, 1.54) is 0 Å². The molecular formula is C26H30ClN7O3. The normalized spacial score (nSPS) is 15.4. The quantitative estimate of drug-likeness (QED) is 0.431. The van der Waals surface area contributed by atoms with Gasteiger partial charge in [0.05, 0.1) is 11.3 Å². The molecule has 1 fully saturated rings. The van der Waals surface area contributed by atoms with Crippen molar-refractivity contribution in [3.05, 3.63) is 64.4 Å². The lowest BCUT2D eigenvalue weighted by Crippen LogP contribution is -2.54. The van der Waals surface area contributed by atoms with Crippen molar-refractivity contribution in [3.63, 3.8) is 0 Å². The van der Waals surface area contributed by atoms with E-state index in [1.807, 2.05) is 36.9 Å². The second-order valence-corrected chi connectivity index (χ2v) is 9.34. The summed E-state index contributed by atoms with van der Waals surface area (Å²) in [5.41, 5.74) is 3.72. The molecule has 1 aliphatic rings. The third-order valence-corrected chi connectivity index (χ3v) is 6.69. The molecule has 11 heteroatoms. The molecule has 3 aromatic rings. The van der Waals surface area contributed by atoms with Gasteiger partial charge >= 0.3 is 0 Å². The van der Waals surface area contributed by atoms with Gasteiger partial charge in [-0.05, 0) is 37.6 Å². The molecule has 0 radical (unpaired) electrons. The SMILES string of the molecule is CNC(=O)c1ccc(-c2cnc(N3CCN(C(=O)CO)CC3C)nc2)nc1NCc1cc(C)ccc1Cl. The topological polar surface area (TPSA) is 124 Å². The van der Waals surface area contributed by atoms with Crippen LogP contribution in [0.1, 0.15) is 28.4 Å². The van der Waals surface area contributed by atoms with Gasteiger partial charge in [0.1, 0.15) is 12.4 Å². The van der Waals surface area contributed by atoms with Crippen molar-refractivity contribution in [3.8, 4) is 11.3 Å². The van der Waals surface area contributed by atoms with Gasteiger partial charge in [-0.2, -0.15) is 0 Å². The summed E-state index contributed by atoms with van der Waals surface area (Å²) in [5.74, 6) is 0.456. The molecule has 0 spiro atoms. The molecule has 4 rings (SSSR count). The number of nitrogens with zero attached hydrogens (tertiary/aromatic N) is 5. The van der Waals surface area contributed by atoms with Crippen LogP contribution >= 0.6 is 11.6 Å². The number of aliphatic hydroxyl groups is 1. The average Bonchev–Trinajstić information content (AvgIpc) is 2.92. The van der Waals surface area contributed by atoms with Gasteiger partial charge in [-0.25, -0.2) is 15.0 Å². The second-order valence-electron chi connectivity index (χ2n) is 8.93. The monoisotopic (exact) mass is 523 g/mol. The van der Waals surface area contributed by atoms with Crippen LogP contribution in [0.4, 0.5) is 11.8 Å². The van der Waals surface area contributed by atoms with Crippen molar-refractivity contribution in [1.82, 2.24) is 25.2 Å². The number of hydrogen-bond acceptors (Lipinski definition) is 8. The zero-order valence-electron chi connectivity index (χ0n) is 21.0. The third kappa shape index (κ3) is 5.98. The van der Waals surface area contributed by atoms with Crippen molar-refractivity contribution in [1.29, 1.82) is 0 Å². The number of piperazine rings is 1. The van der Waals surface area contributed by atoms with Gasteiger partial charge in [-0.15, -0.1) is 0 Å². The molecule has 1 unspecified atom stereocenters. The van der Waals surface area contributed by atoms with Crippen molar-refractivity contribution < 1.29 is 14.7 Å². The Morgan fingerprint density at radius 1 is 1.16 bits per heavy atom. The minimum atomic E-state index is -0.488. The fourth-order valence-electron chi connectivity index (χ4n) is 4.27. The van der Waals surface area contributed by atoms with Crippen LogP contribution in [0.25, 0.3) is 11.3 Å². The summed E-state index contributed by atoms with van der Waals surface area (Å²) in [6.07, 6.45) is 3.40. The summed E-state index contributed by atoms with van der Waals surface area (Å²) in [6.45, 7) is 5.46. The molecule has 10 nitrogen and oxygen atoms in total. The van der Waals surface area contributed by atoms with Gasteiger partial charge in [0, 0.05) is 62.2 Å². The number of pyridine rings is 1. The maximum atomic E-state index is 12.5. The van der Waals surface area contributed by atoms with E-state index in [9.17, 15) is 9.59 Å². The second kappa shape index (κ2) is 11.5. The number of benzene rings is 1. The van der Waals surface area contributed by atoms with Crippen LogP contribution in [-0.2, 0) is 11.3 Å². The Morgan fingerprint density at radius 3 is 2.59 bits per heavy atom. The molecular weight excluding hydrogens is 494 g/mol. The number of aryl methyl sites for hydroxylation is 1. The van der Waals surface area contributed by atoms with E-state index in [0.717, 1.165) is 11.1 Å². The molecule has 3 N–H and O–H groups in total. The number of nitrogens with one attached hydrogen (secondary N) is 2. The molecule has 1 aliphatic heterocycles. The highest BCUT2D eigenvalue weighted by Crippen LogP contribution is 2.25. The van der Waals surface area contributed by atoms with E-state index in [1.54, 1.807) is 36.5 Å². The standard InChI is InChI=1S/C26H30ClN7O3/c1-16-4-6-21(27)18(10-16)11-29-24-20(25(37)28-3)5-7-22(32-24)19-12-30-26(31-13-19)34-9-8-33(14-17(34)2)23(36)15-35/h4-7,10,12-13,17,35H,8-9,11,14-15H2,1-3H3,(H,28,37)(H,29,32). The zero-order valence-corrected chi connectivity index (χ0v) is 21.8. The predicted octanol–water partition coefficient (Wildman–Crippen LogP) is 2.50. The lowest BCUT2D eigenvalue weighted by atomic mass is 10.1. The number of rotatable bonds is 7. The highest BCUT2D eigenvalue weighted by Gasteiger charge is 2.28. The Morgan fingerprint density at radius 2 is 1.92 bits per heavy atom. The Balaban J connectivity index is 1.54. The number of aliphatic hydroxyl groups excluding tert-OH is 1. The smallest absolute Gasteiger partial charge is 0.254 e. The Kier molecular flexibility index (Phi) is 8.20. The third-order valence-electron chi connectivity index (χ3n) is 6.32. The number of anilines is 2. The Hall–Kier alpha value is -3.76. The van der Waals surface area contributed by atoms with Gasteiger partial charge in [-0.3, -0.25) is 9.59 Å². The molecule has 2 amide bonds. The number of carbonyl (C=O) groups is 2. The molecule has 0 bridgehead atoms. The van der Waals surface area contributed by atoms with E-state index >= 15 is 0 Å². The van der Waals surface area contributed by atoms with Crippen LogP contribution in [0, 0.1) is 6.92 Å². The summed E-state index contributed by atoms with van der Waals surface area (Å²) in [5, 5.41) is 15.7. The number of amides is 2. The maximum Gasteiger partial charge on any atom is 0.254 e. The first-order valence-corrected chi connectivity index (χ1v) is 12.4. The molecule has 1 atom stereocenters. The average molecular weight is 524 g/mol. The molecule has 0 aliphatic carbocycles. The van der Waals surface area contributed by atoms with Crippen molar-refractivity contribution in [2.24, 2.45) is 0 Å². The van der Waals surface area contributed by atoms with Crippen molar-refractivity contribution >= 4 is 35.2 Å². The molecule has 1 saturated heterocycles. The van der Waals surface area contributed by atoms with Crippen LogP contribution in [0.15, 0.2) is 42.7 Å². The van der Waals surface area contributed by atoms with Gasteiger partial charge in [0.25, 0.3) is 5.91 Å². The highest BCUT2D eigenvalue weighted by molar-refractivity contribution is 6.31. The van der Waals surface area contributed by atoms with Crippen LogP contribution in [0.5, 0.6) is 0 Å². The van der Waals surface area contributed by atoms with Crippen molar-refractivity contribution in [2.45, 2.75) is 26.4 Å². The molecule has 2 aromatic heterocycles. The largest absolute Gasteiger partial charge is 0.387 e. The predicted molar refractivity (Wildman–Crippen MR) is 143 cm³/mol. The Labute approximate surface area is 220 Å². The van der Waals surface area contributed by atoms with Gasteiger partial charge in [0.15, 0.2) is 0 Å². The van der Waals surface area contributed by atoms with Gasteiger partial charge < -0.3 is 25.5 Å². The number of hydrogen-bond donors (Lipinski definition) is 3. The van der Waals surface area contributed by atoms with E-state index in [0.29, 0.717) is 59.8 Å². The van der Waals surface area contributed by atoms with E-state index < -0.39 is 6.61 Å². The summed E-state index contributed by atoms with van der Waals surface area (Å²) in [4.78, 5) is 41.7. The number of halogens is 1. The van der Waals surface area contributed by atoms with Crippen LogP contribution in [0.3, 0.4) is 0 Å². The fraction of sp³-hybridized carbons (Fsp3) is 0.346. The maximum absolute atomic E-state index is 12.5. The summed E-state index contributed by atoms with van der Waals surface area (Å²) < 4.78 is 0. The molecule has 3 heterocycles. The van der Waals surface area contributed by atoms with Crippen molar-refractivity contribution in [2.75, 3.05) is 43.5 Å². The van der Waals surface area contributed by atoms with E-state index in [2.05, 4.69) is 20.6 Å². The fourth-order valence-corrected chi connectivity index (χ4v) is 4.46. The lowest BCUT2D eigenvalue weighted by Gasteiger charge is -2.39. The number of aromatic nitrogens is 3. The minimum Gasteiger partial charge on any atom is -0.387 e. The zero-order chi connectivity index (χ0) is 26.5. The highest BCUT2D eigenvalue weighted by atomic mass is 35.5. The van der Waals surface area contributed by atoms with Crippen LogP contribution < -0.4 is 15.5 Å². The van der Waals surface area contributed by atoms with Gasteiger partial charge in [-0.1, -0.05) is 29.3 Å². The first-order chi connectivity index (χ1) is 17.8. The Bertz CT molecular complexity index is 1290. The molecule has 37 heavy (non-hydrogen) atoms. The number of carbonyl (C=O) groups excluding carboxylic acids is 2.